The van der Waals surface area contributed by atoms with Crippen LogP contribution in [-0.2, 0) is 6.42 Å². The van der Waals surface area contributed by atoms with E-state index in [9.17, 15) is 4.79 Å². The Balaban J connectivity index is 1.41. The summed E-state index contributed by atoms with van der Waals surface area (Å²) in [4.78, 5) is 14.3. The molecule has 0 spiro atoms. The molecule has 0 saturated heterocycles. The SMILES string of the molecule is CC1Cc2ccccc2N1c1ccc(NC(=O)NC2CCCCC2)nn1. The first-order valence-electron chi connectivity index (χ1n) is 9.49. The van der Waals surface area contributed by atoms with Gasteiger partial charge >= 0.3 is 6.03 Å². The molecule has 1 aromatic heterocycles. The Morgan fingerprint density at radius 2 is 1.88 bits per heavy atom. The minimum atomic E-state index is -0.196. The lowest BCUT2D eigenvalue weighted by molar-refractivity contribution is 0.244. The standard InChI is InChI=1S/C20H25N5O/c1-14-13-15-7-5-6-10-17(15)25(14)19-12-11-18(23-24-19)22-20(26)21-16-8-3-2-4-9-16/h5-7,10-12,14,16H,2-4,8-9,13H2,1H3,(H2,21,22,23,26). The lowest BCUT2D eigenvalue weighted by Gasteiger charge is -2.24. The summed E-state index contributed by atoms with van der Waals surface area (Å²) in [7, 11) is 0. The van der Waals surface area contributed by atoms with Gasteiger partial charge in [0.15, 0.2) is 11.6 Å². The van der Waals surface area contributed by atoms with Gasteiger partial charge in [-0.25, -0.2) is 4.79 Å². The number of para-hydroxylation sites is 1. The summed E-state index contributed by atoms with van der Waals surface area (Å²) >= 11 is 0. The minimum Gasteiger partial charge on any atom is -0.335 e. The van der Waals surface area contributed by atoms with E-state index in [4.69, 9.17) is 0 Å². The highest BCUT2D eigenvalue weighted by molar-refractivity contribution is 5.88. The number of fused-ring (bicyclic) bond motifs is 1. The van der Waals surface area contributed by atoms with Crippen molar-refractivity contribution in [3.63, 3.8) is 0 Å². The number of urea groups is 1. The third-order valence-electron chi connectivity index (χ3n) is 5.29. The van der Waals surface area contributed by atoms with Gasteiger partial charge in [-0.1, -0.05) is 37.5 Å². The van der Waals surface area contributed by atoms with Crippen LogP contribution in [0.2, 0.25) is 0 Å². The number of carbonyl (C=O) groups is 1. The van der Waals surface area contributed by atoms with E-state index in [2.05, 4.69) is 50.9 Å². The van der Waals surface area contributed by atoms with E-state index in [1.54, 1.807) is 0 Å². The number of hydrogen-bond donors (Lipinski definition) is 2. The van der Waals surface area contributed by atoms with Crippen molar-refractivity contribution in [3.05, 3.63) is 42.0 Å². The van der Waals surface area contributed by atoms with Crippen LogP contribution in [0, 0.1) is 0 Å². The highest BCUT2D eigenvalue weighted by atomic mass is 16.2. The largest absolute Gasteiger partial charge is 0.335 e. The molecule has 0 bridgehead atoms. The Bertz CT molecular complexity index is 770. The Morgan fingerprint density at radius 1 is 1.08 bits per heavy atom. The predicted molar refractivity (Wildman–Crippen MR) is 103 cm³/mol. The summed E-state index contributed by atoms with van der Waals surface area (Å²) in [5, 5.41) is 14.4. The van der Waals surface area contributed by atoms with Gasteiger partial charge in [0.25, 0.3) is 0 Å². The molecule has 136 valence electrons. The summed E-state index contributed by atoms with van der Waals surface area (Å²) in [6.07, 6.45) is 6.77. The zero-order valence-corrected chi connectivity index (χ0v) is 15.1. The predicted octanol–water partition coefficient (Wildman–Crippen LogP) is 4.01. The van der Waals surface area contributed by atoms with Gasteiger partial charge in [0, 0.05) is 17.8 Å². The number of anilines is 3. The van der Waals surface area contributed by atoms with Crippen LogP contribution in [0.5, 0.6) is 0 Å². The van der Waals surface area contributed by atoms with Gasteiger partial charge in [-0.2, -0.15) is 0 Å². The van der Waals surface area contributed by atoms with Crippen LogP contribution in [0.3, 0.4) is 0 Å². The number of benzene rings is 1. The van der Waals surface area contributed by atoms with Crippen molar-refractivity contribution in [1.82, 2.24) is 15.5 Å². The van der Waals surface area contributed by atoms with E-state index < -0.39 is 0 Å². The van der Waals surface area contributed by atoms with E-state index in [0.29, 0.717) is 11.9 Å². The summed E-state index contributed by atoms with van der Waals surface area (Å²) in [5.74, 6) is 1.28. The number of aromatic nitrogens is 2. The molecule has 6 heteroatoms. The summed E-state index contributed by atoms with van der Waals surface area (Å²) < 4.78 is 0. The number of nitrogens with zero attached hydrogens (tertiary/aromatic N) is 3. The van der Waals surface area contributed by atoms with Crippen molar-refractivity contribution < 1.29 is 4.79 Å². The van der Waals surface area contributed by atoms with Crippen molar-refractivity contribution in [2.24, 2.45) is 0 Å². The van der Waals surface area contributed by atoms with E-state index in [1.807, 2.05) is 18.2 Å². The van der Waals surface area contributed by atoms with Crippen LogP contribution < -0.4 is 15.5 Å². The van der Waals surface area contributed by atoms with Crippen LogP contribution in [-0.4, -0.2) is 28.3 Å². The number of rotatable bonds is 3. The lowest BCUT2D eigenvalue weighted by Crippen LogP contribution is -2.39. The van der Waals surface area contributed by atoms with Crippen molar-refractivity contribution in [2.75, 3.05) is 10.2 Å². The molecule has 1 aliphatic heterocycles. The second-order valence-electron chi connectivity index (χ2n) is 7.26. The molecule has 0 radical (unpaired) electrons. The number of nitrogens with one attached hydrogen (secondary N) is 2. The van der Waals surface area contributed by atoms with Crippen LogP contribution in [0.1, 0.15) is 44.6 Å². The Morgan fingerprint density at radius 3 is 2.65 bits per heavy atom. The molecule has 26 heavy (non-hydrogen) atoms. The summed E-state index contributed by atoms with van der Waals surface area (Å²) in [6.45, 7) is 2.19. The minimum absolute atomic E-state index is 0.196. The number of amides is 2. The smallest absolute Gasteiger partial charge is 0.320 e. The molecule has 2 heterocycles. The second kappa shape index (κ2) is 7.32. The van der Waals surface area contributed by atoms with Crippen molar-refractivity contribution in [2.45, 2.75) is 57.5 Å². The zero-order valence-electron chi connectivity index (χ0n) is 15.1. The number of carbonyl (C=O) groups excluding carboxylic acids is 1. The molecule has 1 saturated carbocycles. The normalized spacial score (nSPS) is 19.9. The average Bonchev–Trinajstić information content (AvgIpc) is 2.99. The molecule has 2 N–H and O–H groups in total. The van der Waals surface area contributed by atoms with Gasteiger partial charge in [0.05, 0.1) is 0 Å². The summed E-state index contributed by atoms with van der Waals surface area (Å²) in [5.41, 5.74) is 2.51. The molecule has 2 aliphatic rings. The first-order valence-corrected chi connectivity index (χ1v) is 9.49. The van der Waals surface area contributed by atoms with Crippen molar-refractivity contribution in [3.8, 4) is 0 Å². The Hall–Kier alpha value is -2.63. The van der Waals surface area contributed by atoms with Crippen LogP contribution in [0.25, 0.3) is 0 Å². The summed E-state index contributed by atoms with van der Waals surface area (Å²) in [6, 6.07) is 12.5. The van der Waals surface area contributed by atoms with E-state index in [1.165, 1.54) is 30.5 Å². The van der Waals surface area contributed by atoms with Gasteiger partial charge in [-0.05, 0) is 49.9 Å². The fourth-order valence-electron chi connectivity index (χ4n) is 4.02. The molecule has 2 amide bonds. The quantitative estimate of drug-likeness (QED) is 0.876. The van der Waals surface area contributed by atoms with Gasteiger partial charge in [0.1, 0.15) is 0 Å². The second-order valence-corrected chi connectivity index (χ2v) is 7.26. The van der Waals surface area contributed by atoms with Crippen LogP contribution in [0.4, 0.5) is 22.1 Å². The van der Waals surface area contributed by atoms with E-state index in [-0.39, 0.29) is 12.1 Å². The monoisotopic (exact) mass is 351 g/mol. The van der Waals surface area contributed by atoms with Crippen LogP contribution >= 0.6 is 0 Å². The first kappa shape index (κ1) is 16.8. The molecule has 1 aromatic carbocycles. The average molecular weight is 351 g/mol. The molecule has 1 atom stereocenters. The zero-order chi connectivity index (χ0) is 17.9. The molecule has 1 fully saturated rings. The first-order chi connectivity index (χ1) is 12.7. The Labute approximate surface area is 154 Å². The highest BCUT2D eigenvalue weighted by Gasteiger charge is 2.27. The fraction of sp³-hybridized carbons (Fsp3) is 0.450. The molecule has 2 aromatic rings. The van der Waals surface area contributed by atoms with Gasteiger partial charge < -0.3 is 10.2 Å². The highest BCUT2D eigenvalue weighted by Crippen LogP contribution is 2.36. The molecular weight excluding hydrogens is 326 g/mol. The topological polar surface area (TPSA) is 70.2 Å². The van der Waals surface area contributed by atoms with E-state index in [0.717, 1.165) is 25.1 Å². The lowest BCUT2D eigenvalue weighted by atomic mass is 9.96. The molecule has 1 aliphatic carbocycles. The molecule has 6 nitrogen and oxygen atoms in total. The third-order valence-corrected chi connectivity index (χ3v) is 5.29. The molecule has 1 unspecified atom stereocenters. The van der Waals surface area contributed by atoms with Crippen molar-refractivity contribution in [1.29, 1.82) is 0 Å². The molecule has 4 rings (SSSR count). The maximum atomic E-state index is 12.1. The fourth-order valence-corrected chi connectivity index (χ4v) is 4.02. The van der Waals surface area contributed by atoms with E-state index >= 15 is 0 Å². The number of hydrogen-bond acceptors (Lipinski definition) is 4. The van der Waals surface area contributed by atoms with Crippen LogP contribution in [0.15, 0.2) is 36.4 Å². The third kappa shape index (κ3) is 3.49. The van der Waals surface area contributed by atoms with Gasteiger partial charge in [0.2, 0.25) is 0 Å². The Kier molecular flexibility index (Phi) is 4.73. The van der Waals surface area contributed by atoms with Gasteiger partial charge in [-0.3, -0.25) is 5.32 Å². The maximum Gasteiger partial charge on any atom is 0.320 e. The molecular formula is C20H25N5O. The van der Waals surface area contributed by atoms with Crippen molar-refractivity contribution >= 4 is 23.4 Å². The maximum absolute atomic E-state index is 12.1. The van der Waals surface area contributed by atoms with Gasteiger partial charge in [-0.15, -0.1) is 10.2 Å².